The Bertz CT molecular complexity index is 827. The lowest BCUT2D eigenvalue weighted by atomic mass is 9.43. The summed E-state index contributed by atoms with van der Waals surface area (Å²) in [5, 5.41) is 11.3. The van der Waals surface area contributed by atoms with Crippen molar-refractivity contribution in [2.45, 2.75) is 137 Å². The predicted octanol–water partition coefficient (Wildman–Crippen LogP) is 7.95. The van der Waals surface area contributed by atoms with E-state index in [1.165, 1.54) is 51.4 Å². The highest BCUT2D eigenvalue weighted by Crippen LogP contribution is 2.72. The SMILES string of the molecule is CO[C@H]1CC[C@]2(C)C3=C(CCC2C1(C)C)[C@]1(C)CC[C@H]([C@H](C)C(O)CCC(C)(C)OC)[C@@]1(C)CC3. The second-order valence-electron chi connectivity index (χ2n) is 14.9. The Kier molecular flexibility index (Phi) is 7.21. The Morgan fingerprint density at radius 1 is 0.943 bits per heavy atom. The zero-order chi connectivity index (χ0) is 26.0. The molecule has 4 aliphatic carbocycles. The lowest BCUT2D eigenvalue weighted by molar-refractivity contribution is -0.113. The van der Waals surface area contributed by atoms with Crippen LogP contribution < -0.4 is 0 Å². The predicted molar refractivity (Wildman–Crippen MR) is 145 cm³/mol. The molecule has 8 atom stereocenters. The van der Waals surface area contributed by atoms with Crippen LogP contribution in [0.25, 0.3) is 0 Å². The Morgan fingerprint density at radius 2 is 1.63 bits per heavy atom. The minimum atomic E-state index is -0.248. The second kappa shape index (κ2) is 9.12. The minimum Gasteiger partial charge on any atom is -0.393 e. The molecule has 0 aromatic carbocycles. The van der Waals surface area contributed by atoms with Crippen LogP contribution in [0, 0.1) is 39.4 Å². The van der Waals surface area contributed by atoms with Crippen LogP contribution in [-0.2, 0) is 9.47 Å². The molecule has 0 aromatic heterocycles. The van der Waals surface area contributed by atoms with Gasteiger partial charge < -0.3 is 14.6 Å². The maximum absolute atomic E-state index is 11.3. The Hall–Kier alpha value is -0.380. The highest BCUT2D eigenvalue weighted by Gasteiger charge is 2.63. The molecule has 4 aliphatic rings. The molecule has 0 bridgehead atoms. The summed E-state index contributed by atoms with van der Waals surface area (Å²) >= 11 is 0. The summed E-state index contributed by atoms with van der Waals surface area (Å²) in [7, 11) is 3.70. The molecule has 1 N–H and O–H groups in total. The summed E-state index contributed by atoms with van der Waals surface area (Å²) in [5.41, 5.74) is 4.63. The van der Waals surface area contributed by atoms with Crippen molar-refractivity contribution in [1.82, 2.24) is 0 Å². The van der Waals surface area contributed by atoms with Crippen molar-refractivity contribution >= 4 is 0 Å². The van der Waals surface area contributed by atoms with Gasteiger partial charge in [0.15, 0.2) is 0 Å². The number of allylic oxidation sites excluding steroid dienone is 2. The average molecular weight is 489 g/mol. The first-order chi connectivity index (χ1) is 16.2. The van der Waals surface area contributed by atoms with Crippen molar-refractivity contribution in [3.63, 3.8) is 0 Å². The molecule has 0 aliphatic heterocycles. The van der Waals surface area contributed by atoms with Gasteiger partial charge in [0.05, 0.1) is 17.8 Å². The molecule has 35 heavy (non-hydrogen) atoms. The summed E-state index contributed by atoms with van der Waals surface area (Å²) in [6.07, 6.45) is 12.0. The molecule has 4 rings (SSSR count). The molecular formula is C32H56O3. The van der Waals surface area contributed by atoms with Crippen LogP contribution in [0.2, 0.25) is 0 Å². The van der Waals surface area contributed by atoms with Gasteiger partial charge in [0.1, 0.15) is 0 Å². The highest BCUT2D eigenvalue weighted by molar-refractivity contribution is 5.38. The van der Waals surface area contributed by atoms with E-state index in [2.05, 4.69) is 55.4 Å². The van der Waals surface area contributed by atoms with E-state index < -0.39 is 0 Å². The number of methoxy groups -OCH3 is 2. The quantitative estimate of drug-likeness (QED) is 0.369. The lowest BCUT2D eigenvalue weighted by Gasteiger charge is -2.62. The third-order valence-electron chi connectivity index (χ3n) is 12.9. The Labute approximate surface area is 216 Å². The third kappa shape index (κ3) is 4.09. The van der Waals surface area contributed by atoms with E-state index in [-0.39, 0.29) is 27.9 Å². The first-order valence-corrected chi connectivity index (χ1v) is 14.7. The van der Waals surface area contributed by atoms with E-state index in [0.717, 1.165) is 12.8 Å². The van der Waals surface area contributed by atoms with Crippen LogP contribution in [0.3, 0.4) is 0 Å². The van der Waals surface area contributed by atoms with Gasteiger partial charge in [0.25, 0.3) is 0 Å². The molecular weight excluding hydrogens is 432 g/mol. The molecule has 0 amide bonds. The summed E-state index contributed by atoms with van der Waals surface area (Å²) in [5.74, 6) is 1.63. The number of aliphatic hydroxyl groups excluding tert-OH is 1. The van der Waals surface area contributed by atoms with E-state index in [1.54, 1.807) is 7.11 Å². The number of fused-ring (bicyclic) bond motifs is 4. The van der Waals surface area contributed by atoms with E-state index >= 15 is 0 Å². The molecule has 0 radical (unpaired) electrons. The number of aliphatic hydroxyl groups is 1. The smallest absolute Gasteiger partial charge is 0.0625 e. The van der Waals surface area contributed by atoms with E-state index in [0.29, 0.717) is 29.3 Å². The van der Waals surface area contributed by atoms with Gasteiger partial charge in [-0.15, -0.1) is 0 Å². The molecule has 0 spiro atoms. The minimum absolute atomic E-state index is 0.164. The normalized spacial score (nSPS) is 42.8. The molecule has 2 fully saturated rings. The van der Waals surface area contributed by atoms with Crippen molar-refractivity contribution in [1.29, 1.82) is 0 Å². The van der Waals surface area contributed by atoms with Crippen molar-refractivity contribution in [3.8, 4) is 0 Å². The lowest BCUT2D eigenvalue weighted by Crippen LogP contribution is -2.55. The number of hydrogen-bond donors (Lipinski definition) is 1. The molecule has 3 nitrogen and oxygen atoms in total. The van der Waals surface area contributed by atoms with Crippen LogP contribution in [0.1, 0.15) is 120 Å². The Morgan fingerprint density at radius 3 is 2.26 bits per heavy atom. The summed E-state index contributed by atoms with van der Waals surface area (Å²) < 4.78 is 11.6. The maximum atomic E-state index is 11.3. The van der Waals surface area contributed by atoms with Gasteiger partial charge in [-0.25, -0.2) is 0 Å². The van der Waals surface area contributed by atoms with Crippen LogP contribution in [0.15, 0.2) is 11.1 Å². The zero-order valence-electron chi connectivity index (χ0n) is 24.7. The fourth-order valence-electron chi connectivity index (χ4n) is 10.1. The van der Waals surface area contributed by atoms with Gasteiger partial charge in [-0.3, -0.25) is 0 Å². The molecule has 2 saturated carbocycles. The van der Waals surface area contributed by atoms with E-state index in [1.807, 2.05) is 18.3 Å². The molecule has 2 unspecified atom stereocenters. The monoisotopic (exact) mass is 488 g/mol. The third-order valence-corrected chi connectivity index (χ3v) is 12.9. The number of rotatable bonds is 7. The zero-order valence-corrected chi connectivity index (χ0v) is 24.7. The molecule has 202 valence electrons. The van der Waals surface area contributed by atoms with Crippen LogP contribution in [-0.4, -0.2) is 37.1 Å². The van der Waals surface area contributed by atoms with Crippen molar-refractivity contribution < 1.29 is 14.6 Å². The molecule has 0 aromatic rings. The van der Waals surface area contributed by atoms with Crippen molar-refractivity contribution in [2.75, 3.05) is 14.2 Å². The maximum Gasteiger partial charge on any atom is 0.0625 e. The number of ether oxygens (including phenoxy) is 2. The van der Waals surface area contributed by atoms with Crippen LogP contribution in [0.5, 0.6) is 0 Å². The van der Waals surface area contributed by atoms with Crippen LogP contribution >= 0.6 is 0 Å². The van der Waals surface area contributed by atoms with Crippen molar-refractivity contribution in [3.05, 3.63) is 11.1 Å². The van der Waals surface area contributed by atoms with Crippen LogP contribution in [0.4, 0.5) is 0 Å². The van der Waals surface area contributed by atoms with E-state index in [9.17, 15) is 5.11 Å². The molecule has 0 saturated heterocycles. The highest BCUT2D eigenvalue weighted by atomic mass is 16.5. The van der Waals surface area contributed by atoms with Gasteiger partial charge in [-0.05, 0) is 117 Å². The summed E-state index contributed by atoms with van der Waals surface area (Å²) in [4.78, 5) is 0. The first-order valence-electron chi connectivity index (χ1n) is 14.7. The fraction of sp³-hybridized carbons (Fsp3) is 0.938. The molecule has 0 heterocycles. The van der Waals surface area contributed by atoms with E-state index in [4.69, 9.17) is 9.47 Å². The summed E-state index contributed by atoms with van der Waals surface area (Å²) in [6, 6.07) is 0. The Balaban J connectivity index is 1.60. The van der Waals surface area contributed by atoms with Gasteiger partial charge in [0.2, 0.25) is 0 Å². The van der Waals surface area contributed by atoms with Gasteiger partial charge in [-0.1, -0.05) is 52.7 Å². The largest absolute Gasteiger partial charge is 0.393 e. The van der Waals surface area contributed by atoms with Gasteiger partial charge >= 0.3 is 0 Å². The van der Waals surface area contributed by atoms with Crippen molar-refractivity contribution in [2.24, 2.45) is 39.4 Å². The standard InChI is InChI=1S/C32H56O3/c1-21(25(33)15-17-28(2,3)35-10)22-13-19-32(8)24-11-12-26-29(4,5)27(34-9)16-18-30(26,6)23(24)14-20-31(22,32)7/h21-22,25-27,33H,11-20H2,1-10H3/t21-,22+,25?,26?,27-,30+,31+,32-/m0/s1. The van der Waals surface area contributed by atoms with Gasteiger partial charge in [0, 0.05) is 14.2 Å². The number of hydrogen-bond acceptors (Lipinski definition) is 3. The second-order valence-corrected chi connectivity index (χ2v) is 14.9. The fourth-order valence-corrected chi connectivity index (χ4v) is 10.1. The topological polar surface area (TPSA) is 38.7 Å². The van der Waals surface area contributed by atoms with Gasteiger partial charge in [-0.2, -0.15) is 0 Å². The first kappa shape index (κ1) is 27.6. The molecule has 3 heteroatoms. The average Bonchev–Trinajstić information content (AvgIpc) is 3.08. The summed E-state index contributed by atoms with van der Waals surface area (Å²) in [6.45, 7) is 19.4.